The van der Waals surface area contributed by atoms with Crippen molar-refractivity contribution in [1.82, 2.24) is 10.4 Å². The molecule has 1 aromatic heterocycles. The minimum Gasteiger partial charge on any atom is -0.461 e. The maximum Gasteiger partial charge on any atom is 0.359 e. The molecule has 0 aliphatic carbocycles. The number of carbonyl (C=O) groups excluding carboxylic acids is 2. The topological polar surface area (TPSA) is 83.5 Å². The molecule has 0 saturated carbocycles. The zero-order valence-electron chi connectivity index (χ0n) is 11.3. The van der Waals surface area contributed by atoms with Gasteiger partial charge in [0.1, 0.15) is 0 Å². The Balaban J connectivity index is 2.03. The predicted molar refractivity (Wildman–Crippen MR) is 78.5 cm³/mol. The second kappa shape index (κ2) is 5.24. The number of hydrogen-bond acceptors (Lipinski definition) is 4. The van der Waals surface area contributed by atoms with Gasteiger partial charge >= 0.3 is 5.97 Å². The smallest absolute Gasteiger partial charge is 0.359 e. The first-order valence-electron chi connectivity index (χ1n) is 6.54. The lowest BCUT2D eigenvalue weighted by Gasteiger charge is -2.01. The highest BCUT2D eigenvalue weighted by Crippen LogP contribution is 2.22. The Labute approximate surface area is 120 Å². The van der Waals surface area contributed by atoms with Gasteiger partial charge in [-0.15, -0.1) is 0 Å². The number of amides is 1. The van der Waals surface area contributed by atoms with Crippen molar-refractivity contribution in [3.8, 4) is 0 Å². The maximum absolute atomic E-state index is 11.8. The van der Waals surface area contributed by atoms with Crippen LogP contribution < -0.4 is 5.43 Å². The minimum atomic E-state index is -0.609. The van der Waals surface area contributed by atoms with Crippen LogP contribution in [0, 0.1) is 0 Å². The van der Waals surface area contributed by atoms with E-state index in [0.29, 0.717) is 0 Å². The molecule has 1 amide bonds. The van der Waals surface area contributed by atoms with Crippen molar-refractivity contribution in [2.45, 2.75) is 6.92 Å². The molecule has 106 valence electrons. The molecule has 0 saturated heterocycles. The van der Waals surface area contributed by atoms with E-state index in [1.165, 1.54) is 0 Å². The second-order valence-electron chi connectivity index (χ2n) is 4.47. The van der Waals surface area contributed by atoms with Crippen molar-refractivity contribution in [3.63, 3.8) is 0 Å². The lowest BCUT2D eigenvalue weighted by molar-refractivity contribution is -0.135. The number of hydrogen-bond donors (Lipinski definition) is 2. The summed E-state index contributed by atoms with van der Waals surface area (Å²) >= 11 is 0. The summed E-state index contributed by atoms with van der Waals surface area (Å²) in [5.41, 5.74) is 4.27. The molecule has 6 heteroatoms. The molecule has 21 heavy (non-hydrogen) atoms. The average Bonchev–Trinajstić information content (AvgIpc) is 3.05. The first kappa shape index (κ1) is 13.1. The highest BCUT2D eigenvalue weighted by Gasteiger charge is 2.29. The van der Waals surface area contributed by atoms with E-state index in [0.717, 1.165) is 16.5 Å². The van der Waals surface area contributed by atoms with Crippen LogP contribution in [-0.2, 0) is 14.3 Å². The summed E-state index contributed by atoms with van der Waals surface area (Å²) in [4.78, 5) is 26.8. The van der Waals surface area contributed by atoms with Crippen LogP contribution in [-0.4, -0.2) is 29.2 Å². The van der Waals surface area contributed by atoms with Crippen LogP contribution in [0.2, 0.25) is 0 Å². The quantitative estimate of drug-likeness (QED) is 0.663. The van der Waals surface area contributed by atoms with Gasteiger partial charge in [-0.2, -0.15) is 5.10 Å². The van der Waals surface area contributed by atoms with E-state index < -0.39 is 11.9 Å². The van der Waals surface area contributed by atoms with Gasteiger partial charge in [0, 0.05) is 22.7 Å². The Morgan fingerprint density at radius 2 is 2.19 bits per heavy atom. The van der Waals surface area contributed by atoms with E-state index in [4.69, 9.17) is 4.74 Å². The third-order valence-corrected chi connectivity index (χ3v) is 3.16. The summed E-state index contributed by atoms with van der Waals surface area (Å²) < 4.78 is 4.90. The van der Waals surface area contributed by atoms with Crippen molar-refractivity contribution < 1.29 is 14.3 Å². The number of aromatic nitrogens is 1. The minimum absolute atomic E-state index is 0.00660. The van der Waals surface area contributed by atoms with Gasteiger partial charge in [-0.05, 0) is 19.1 Å². The van der Waals surface area contributed by atoms with E-state index in [1.807, 2.05) is 24.3 Å². The standard InChI is InChI=1S/C15H13N3O3/c1-2-21-15(20)13-11(14(19)18-17-13)7-9-8-16-12-6-4-3-5-10(9)12/h3-8,16H,2H2,1H3,(H,18,19). The lowest BCUT2D eigenvalue weighted by Crippen LogP contribution is -2.20. The number of hydrazone groups is 1. The number of nitrogens with zero attached hydrogens (tertiary/aromatic N) is 1. The van der Waals surface area contributed by atoms with Crippen molar-refractivity contribution >= 4 is 34.6 Å². The Morgan fingerprint density at radius 3 is 3.00 bits per heavy atom. The van der Waals surface area contributed by atoms with Gasteiger partial charge in [-0.1, -0.05) is 18.2 Å². The summed E-state index contributed by atoms with van der Waals surface area (Å²) in [6.07, 6.45) is 3.42. The average molecular weight is 283 g/mol. The molecule has 2 aromatic rings. The van der Waals surface area contributed by atoms with Gasteiger partial charge in [0.2, 0.25) is 0 Å². The SMILES string of the molecule is CCOC(=O)C1=NNC(=O)C1=Cc1c[nH]c2ccccc12. The number of para-hydroxylation sites is 1. The van der Waals surface area contributed by atoms with E-state index >= 15 is 0 Å². The molecule has 0 fully saturated rings. The van der Waals surface area contributed by atoms with Gasteiger partial charge in [0.25, 0.3) is 5.91 Å². The van der Waals surface area contributed by atoms with Crippen LogP contribution in [0.4, 0.5) is 0 Å². The van der Waals surface area contributed by atoms with Crippen LogP contribution in [0.1, 0.15) is 12.5 Å². The highest BCUT2D eigenvalue weighted by molar-refractivity contribution is 6.52. The summed E-state index contributed by atoms with van der Waals surface area (Å²) in [7, 11) is 0. The Kier molecular flexibility index (Phi) is 3.27. The Bertz CT molecular complexity index is 786. The zero-order chi connectivity index (χ0) is 14.8. The third kappa shape index (κ3) is 2.31. The summed E-state index contributed by atoms with van der Waals surface area (Å²) in [6, 6.07) is 7.70. The number of H-pyrrole nitrogens is 1. The van der Waals surface area contributed by atoms with E-state index in [9.17, 15) is 9.59 Å². The van der Waals surface area contributed by atoms with Crippen molar-refractivity contribution in [2.24, 2.45) is 5.10 Å². The third-order valence-electron chi connectivity index (χ3n) is 3.16. The number of rotatable bonds is 3. The fraction of sp³-hybridized carbons (Fsp3) is 0.133. The molecule has 0 atom stereocenters. The Morgan fingerprint density at radius 1 is 1.38 bits per heavy atom. The van der Waals surface area contributed by atoms with Crippen LogP contribution >= 0.6 is 0 Å². The molecule has 0 bridgehead atoms. The van der Waals surface area contributed by atoms with Crippen LogP contribution in [0.5, 0.6) is 0 Å². The van der Waals surface area contributed by atoms with Gasteiger partial charge in [-0.25, -0.2) is 10.2 Å². The number of benzene rings is 1. The molecule has 0 unspecified atom stereocenters. The van der Waals surface area contributed by atoms with Gasteiger partial charge in [0.15, 0.2) is 5.71 Å². The second-order valence-corrected chi connectivity index (χ2v) is 4.47. The summed E-state index contributed by atoms with van der Waals surface area (Å²) in [5, 5.41) is 4.71. The molecule has 1 aromatic carbocycles. The van der Waals surface area contributed by atoms with Crippen molar-refractivity contribution in [3.05, 3.63) is 41.6 Å². The molecule has 3 rings (SSSR count). The monoisotopic (exact) mass is 283 g/mol. The molecule has 6 nitrogen and oxygen atoms in total. The molecule has 1 aliphatic heterocycles. The molecular weight excluding hydrogens is 270 g/mol. The van der Waals surface area contributed by atoms with Crippen LogP contribution in [0.25, 0.3) is 17.0 Å². The first-order valence-corrected chi connectivity index (χ1v) is 6.54. The normalized spacial score (nSPS) is 16.1. The highest BCUT2D eigenvalue weighted by atomic mass is 16.5. The fourth-order valence-corrected chi connectivity index (χ4v) is 2.19. The predicted octanol–water partition coefficient (Wildman–Crippen LogP) is 1.60. The molecule has 0 radical (unpaired) electrons. The molecule has 0 spiro atoms. The largest absolute Gasteiger partial charge is 0.461 e. The Hall–Kier alpha value is -2.89. The van der Waals surface area contributed by atoms with Gasteiger partial charge in [0.05, 0.1) is 12.2 Å². The van der Waals surface area contributed by atoms with Gasteiger partial charge in [-0.3, -0.25) is 4.79 Å². The van der Waals surface area contributed by atoms with Crippen LogP contribution in [0.15, 0.2) is 41.1 Å². The molecule has 2 N–H and O–H groups in total. The summed E-state index contributed by atoms with van der Waals surface area (Å²) in [5.74, 6) is -1.02. The molecular formula is C15H13N3O3. The molecule has 1 aliphatic rings. The van der Waals surface area contributed by atoms with E-state index in [-0.39, 0.29) is 17.9 Å². The van der Waals surface area contributed by atoms with Crippen molar-refractivity contribution in [1.29, 1.82) is 0 Å². The summed E-state index contributed by atoms with van der Waals surface area (Å²) in [6.45, 7) is 1.93. The molecule has 2 heterocycles. The number of esters is 1. The lowest BCUT2D eigenvalue weighted by atomic mass is 10.1. The fourth-order valence-electron chi connectivity index (χ4n) is 2.19. The number of aromatic amines is 1. The zero-order valence-corrected chi connectivity index (χ0v) is 11.3. The van der Waals surface area contributed by atoms with E-state index in [1.54, 1.807) is 19.2 Å². The number of nitrogens with one attached hydrogen (secondary N) is 2. The van der Waals surface area contributed by atoms with Crippen molar-refractivity contribution in [2.75, 3.05) is 6.61 Å². The number of fused-ring (bicyclic) bond motifs is 1. The van der Waals surface area contributed by atoms with E-state index in [2.05, 4.69) is 15.5 Å². The maximum atomic E-state index is 11.8. The number of ether oxygens (including phenoxy) is 1. The number of carbonyl (C=O) groups is 2. The first-order chi connectivity index (χ1) is 10.2. The van der Waals surface area contributed by atoms with Gasteiger partial charge < -0.3 is 9.72 Å². The van der Waals surface area contributed by atoms with Crippen LogP contribution in [0.3, 0.4) is 0 Å².